The number of ether oxygens (including phenoxy) is 2. The van der Waals surface area contributed by atoms with E-state index in [0.29, 0.717) is 11.5 Å². The molecule has 2 aromatic carbocycles. The average molecular weight is 406 g/mol. The van der Waals surface area contributed by atoms with Crippen LogP contribution in [0.25, 0.3) is 0 Å². The van der Waals surface area contributed by atoms with Gasteiger partial charge in [-0.25, -0.2) is 0 Å². The maximum Gasteiger partial charge on any atom is 0.305 e. The number of aliphatic carboxylic acids is 1. The van der Waals surface area contributed by atoms with E-state index in [2.05, 4.69) is 28.9 Å². The molecular formula is C23H22N2O5. The number of hydrogen-bond donors (Lipinski definition) is 3. The lowest BCUT2D eigenvalue weighted by atomic mass is 9.76. The van der Waals surface area contributed by atoms with E-state index >= 15 is 0 Å². The fraction of sp³-hybridized carbons (Fsp3) is 0.304. The number of nitrogens with one attached hydrogen (secondary N) is 2. The maximum atomic E-state index is 12.4. The Balaban J connectivity index is 1.41. The molecule has 7 heteroatoms. The number of carbonyl (C=O) groups is 2. The highest BCUT2D eigenvalue weighted by molar-refractivity contribution is 5.95. The minimum atomic E-state index is -0.932. The summed E-state index contributed by atoms with van der Waals surface area (Å²) in [6.45, 7) is 0.367. The number of hydrogen-bond acceptors (Lipinski definition) is 5. The monoisotopic (exact) mass is 406 g/mol. The van der Waals surface area contributed by atoms with Gasteiger partial charge in [0.2, 0.25) is 6.79 Å². The normalized spacial score (nSPS) is 22.7. The Morgan fingerprint density at radius 3 is 2.87 bits per heavy atom. The summed E-state index contributed by atoms with van der Waals surface area (Å²) < 4.78 is 11.0. The number of anilines is 1. The number of carboxylic acids is 1. The van der Waals surface area contributed by atoms with Crippen LogP contribution in [0.5, 0.6) is 11.5 Å². The van der Waals surface area contributed by atoms with E-state index in [0.717, 1.165) is 34.7 Å². The number of benzene rings is 2. The molecule has 5 rings (SSSR count). The molecule has 0 bridgehead atoms. The van der Waals surface area contributed by atoms with E-state index < -0.39 is 5.97 Å². The molecule has 1 amide bonds. The van der Waals surface area contributed by atoms with Crippen LogP contribution in [0.3, 0.4) is 0 Å². The van der Waals surface area contributed by atoms with Crippen molar-refractivity contribution in [3.63, 3.8) is 0 Å². The number of carbonyl (C=O) groups excluding carboxylic acids is 1. The molecule has 2 aromatic rings. The van der Waals surface area contributed by atoms with Crippen molar-refractivity contribution >= 4 is 17.6 Å². The summed E-state index contributed by atoms with van der Waals surface area (Å²) in [5.74, 6) is 0.908. The second-order valence-corrected chi connectivity index (χ2v) is 7.79. The second kappa shape index (κ2) is 7.40. The number of amides is 1. The Morgan fingerprint density at radius 1 is 1.13 bits per heavy atom. The molecule has 0 unspecified atom stereocenters. The van der Waals surface area contributed by atoms with Gasteiger partial charge >= 0.3 is 5.97 Å². The third-order valence-corrected chi connectivity index (χ3v) is 6.01. The molecule has 2 aliphatic heterocycles. The third kappa shape index (κ3) is 3.26. The molecule has 1 aliphatic carbocycles. The van der Waals surface area contributed by atoms with Crippen molar-refractivity contribution in [2.24, 2.45) is 5.92 Å². The van der Waals surface area contributed by atoms with E-state index in [-0.39, 0.29) is 37.6 Å². The average Bonchev–Trinajstić information content (AvgIpc) is 3.41. The zero-order valence-corrected chi connectivity index (χ0v) is 16.3. The Bertz CT molecular complexity index is 1050. The molecule has 3 N–H and O–H groups in total. The first-order valence-corrected chi connectivity index (χ1v) is 10.1. The Hall–Kier alpha value is -3.48. The quantitative estimate of drug-likeness (QED) is 0.658. The number of rotatable bonds is 5. The molecule has 0 aromatic heterocycles. The maximum absolute atomic E-state index is 12.4. The van der Waals surface area contributed by atoms with Crippen LogP contribution in [0.4, 0.5) is 5.69 Å². The minimum absolute atomic E-state index is 0.0944. The van der Waals surface area contributed by atoms with Crippen molar-refractivity contribution in [3.8, 4) is 11.5 Å². The molecular weight excluding hydrogens is 384 g/mol. The molecule has 0 radical (unpaired) electrons. The number of carboxylic acid groups (broad SMARTS) is 1. The molecule has 0 fully saturated rings. The van der Waals surface area contributed by atoms with Crippen molar-refractivity contribution < 1.29 is 24.2 Å². The van der Waals surface area contributed by atoms with E-state index in [1.165, 1.54) is 0 Å². The molecule has 30 heavy (non-hydrogen) atoms. The molecule has 0 saturated carbocycles. The Morgan fingerprint density at radius 2 is 2.00 bits per heavy atom. The summed E-state index contributed by atoms with van der Waals surface area (Å²) in [5, 5.41) is 15.1. The van der Waals surface area contributed by atoms with Gasteiger partial charge in [0.05, 0.1) is 12.5 Å². The molecule has 154 valence electrons. The first-order valence-electron chi connectivity index (χ1n) is 10.1. The summed E-state index contributed by atoms with van der Waals surface area (Å²) in [7, 11) is 0. The largest absolute Gasteiger partial charge is 0.481 e. The first kappa shape index (κ1) is 18.5. The highest BCUT2D eigenvalue weighted by Gasteiger charge is 2.38. The number of fused-ring (bicyclic) bond motifs is 4. The van der Waals surface area contributed by atoms with Crippen LogP contribution in [0.1, 0.15) is 46.3 Å². The summed E-state index contributed by atoms with van der Waals surface area (Å²) in [6.07, 6.45) is 5.27. The van der Waals surface area contributed by atoms with E-state index in [1.54, 1.807) is 6.07 Å². The van der Waals surface area contributed by atoms with Gasteiger partial charge in [0, 0.05) is 23.7 Å². The van der Waals surface area contributed by atoms with Gasteiger partial charge in [-0.15, -0.1) is 0 Å². The van der Waals surface area contributed by atoms with Crippen LogP contribution in [0.2, 0.25) is 0 Å². The van der Waals surface area contributed by atoms with Crippen molar-refractivity contribution in [3.05, 3.63) is 65.2 Å². The smallest absolute Gasteiger partial charge is 0.305 e. The SMILES string of the molecule is O=C(O)CCNC(=O)c1ccc2c(c1)[C@@H]1C=CC[C@@H]1[C@H](c1ccc3c(c1)OCO3)N2. The van der Waals surface area contributed by atoms with Crippen LogP contribution in [-0.4, -0.2) is 30.3 Å². The van der Waals surface area contributed by atoms with Gasteiger partial charge in [-0.2, -0.15) is 0 Å². The first-order chi connectivity index (χ1) is 14.6. The predicted molar refractivity (Wildman–Crippen MR) is 110 cm³/mol. The summed E-state index contributed by atoms with van der Waals surface area (Å²) in [5.41, 5.74) is 3.80. The van der Waals surface area contributed by atoms with Gasteiger partial charge in [-0.05, 0) is 53.8 Å². The summed E-state index contributed by atoms with van der Waals surface area (Å²) in [4.78, 5) is 23.1. The van der Waals surface area contributed by atoms with Gasteiger partial charge in [-0.1, -0.05) is 18.2 Å². The lowest BCUT2D eigenvalue weighted by molar-refractivity contribution is -0.136. The molecule has 2 heterocycles. The van der Waals surface area contributed by atoms with Gasteiger partial charge < -0.3 is 25.2 Å². The van der Waals surface area contributed by atoms with Crippen LogP contribution in [-0.2, 0) is 4.79 Å². The van der Waals surface area contributed by atoms with E-state index in [4.69, 9.17) is 14.6 Å². The van der Waals surface area contributed by atoms with Crippen molar-refractivity contribution in [2.45, 2.75) is 24.8 Å². The van der Waals surface area contributed by atoms with Gasteiger partial charge in [0.25, 0.3) is 5.91 Å². The third-order valence-electron chi connectivity index (χ3n) is 6.01. The van der Waals surface area contributed by atoms with Crippen molar-refractivity contribution in [2.75, 3.05) is 18.7 Å². The highest BCUT2D eigenvalue weighted by Crippen LogP contribution is 2.50. The van der Waals surface area contributed by atoms with E-state index in [9.17, 15) is 9.59 Å². The Kier molecular flexibility index (Phi) is 4.58. The van der Waals surface area contributed by atoms with Crippen LogP contribution in [0.15, 0.2) is 48.6 Å². The standard InChI is InChI=1S/C23H22N2O5/c26-21(27)8-9-24-23(28)14-4-6-18-17(10-14)15-2-1-3-16(15)22(25-18)13-5-7-19-20(11-13)30-12-29-19/h1-2,4-7,10-11,15-16,22,25H,3,8-9,12H2,(H,24,28)(H,26,27)/t15-,16+,22+/m1/s1. The summed E-state index contributed by atoms with van der Waals surface area (Å²) >= 11 is 0. The molecule has 7 nitrogen and oxygen atoms in total. The second-order valence-electron chi connectivity index (χ2n) is 7.79. The zero-order chi connectivity index (χ0) is 20.7. The molecule has 0 saturated heterocycles. The number of allylic oxidation sites excluding steroid dienone is 2. The predicted octanol–water partition coefficient (Wildman–Crippen LogP) is 3.45. The topological polar surface area (TPSA) is 96.9 Å². The fourth-order valence-electron chi connectivity index (χ4n) is 4.56. The molecule has 0 spiro atoms. The minimum Gasteiger partial charge on any atom is -0.481 e. The summed E-state index contributed by atoms with van der Waals surface area (Å²) in [6, 6.07) is 11.8. The fourth-order valence-corrected chi connectivity index (χ4v) is 4.56. The van der Waals surface area contributed by atoms with Crippen molar-refractivity contribution in [1.82, 2.24) is 5.32 Å². The van der Waals surface area contributed by atoms with Crippen LogP contribution >= 0.6 is 0 Å². The Labute approximate surface area is 173 Å². The zero-order valence-electron chi connectivity index (χ0n) is 16.3. The molecule has 3 atom stereocenters. The lowest BCUT2D eigenvalue weighted by Crippen LogP contribution is -2.30. The van der Waals surface area contributed by atoms with Crippen LogP contribution < -0.4 is 20.1 Å². The lowest BCUT2D eigenvalue weighted by Gasteiger charge is -2.37. The van der Waals surface area contributed by atoms with Gasteiger partial charge in [-0.3, -0.25) is 9.59 Å². The van der Waals surface area contributed by atoms with Gasteiger partial charge in [0.1, 0.15) is 0 Å². The van der Waals surface area contributed by atoms with Crippen molar-refractivity contribution in [1.29, 1.82) is 0 Å². The van der Waals surface area contributed by atoms with Gasteiger partial charge in [0.15, 0.2) is 11.5 Å². The molecule has 3 aliphatic rings. The highest BCUT2D eigenvalue weighted by atomic mass is 16.7. The van der Waals surface area contributed by atoms with E-state index in [1.807, 2.05) is 24.3 Å². The van der Waals surface area contributed by atoms with Crippen LogP contribution in [0, 0.1) is 5.92 Å².